The minimum absolute atomic E-state index is 0.0778. The molecule has 0 saturated heterocycles. The Balaban J connectivity index is 1.95. The standard InChI is InChI=1S/C19H21N3O5/c20-18(21)13-3-5-14(6-4-13)19(26)22-15(10-23)9-12-1-7-16(8-2-12)27-11-17(24)25/h1-8,15,23H,9-11H2,(H3,20,21)(H,22,26)(H,24,25)/t15-/m1/s1. The molecule has 0 unspecified atom stereocenters. The minimum Gasteiger partial charge on any atom is -0.482 e. The summed E-state index contributed by atoms with van der Waals surface area (Å²) < 4.78 is 5.06. The summed E-state index contributed by atoms with van der Waals surface area (Å²) in [6.45, 7) is -0.661. The van der Waals surface area contributed by atoms with E-state index in [-0.39, 0.29) is 18.3 Å². The first-order valence-electron chi connectivity index (χ1n) is 8.18. The molecule has 1 amide bonds. The lowest BCUT2D eigenvalue weighted by molar-refractivity contribution is -0.139. The van der Waals surface area contributed by atoms with Crippen LogP contribution >= 0.6 is 0 Å². The van der Waals surface area contributed by atoms with E-state index in [9.17, 15) is 14.7 Å². The number of benzene rings is 2. The van der Waals surface area contributed by atoms with Crippen molar-refractivity contribution in [2.24, 2.45) is 5.73 Å². The van der Waals surface area contributed by atoms with E-state index in [1.807, 2.05) is 0 Å². The van der Waals surface area contributed by atoms with Gasteiger partial charge in [0.05, 0.1) is 12.6 Å². The number of nitrogens with one attached hydrogen (secondary N) is 2. The number of amidine groups is 1. The summed E-state index contributed by atoms with van der Waals surface area (Å²) in [5.41, 5.74) is 7.16. The monoisotopic (exact) mass is 371 g/mol. The quantitative estimate of drug-likeness (QED) is 0.325. The van der Waals surface area contributed by atoms with E-state index in [0.29, 0.717) is 23.3 Å². The Morgan fingerprint density at radius 1 is 1.07 bits per heavy atom. The van der Waals surface area contributed by atoms with Crippen molar-refractivity contribution in [3.05, 3.63) is 65.2 Å². The van der Waals surface area contributed by atoms with Crippen LogP contribution in [0.2, 0.25) is 0 Å². The zero-order chi connectivity index (χ0) is 19.8. The summed E-state index contributed by atoms with van der Waals surface area (Å²) in [6, 6.07) is 12.6. The third-order valence-corrected chi connectivity index (χ3v) is 3.78. The van der Waals surface area contributed by atoms with Gasteiger partial charge in [0, 0.05) is 11.1 Å². The van der Waals surface area contributed by atoms with Gasteiger partial charge in [0.1, 0.15) is 11.6 Å². The van der Waals surface area contributed by atoms with Crippen molar-refractivity contribution in [1.29, 1.82) is 5.41 Å². The molecule has 2 aromatic rings. The zero-order valence-corrected chi connectivity index (χ0v) is 14.5. The van der Waals surface area contributed by atoms with Crippen molar-refractivity contribution in [3.8, 4) is 5.75 Å². The summed E-state index contributed by atoms with van der Waals surface area (Å²) in [5.74, 6) is -1.05. The molecule has 8 nitrogen and oxygen atoms in total. The van der Waals surface area contributed by atoms with Gasteiger partial charge in [-0.15, -0.1) is 0 Å². The van der Waals surface area contributed by atoms with Crippen LogP contribution in [-0.2, 0) is 11.2 Å². The molecule has 6 N–H and O–H groups in total. The summed E-state index contributed by atoms with van der Waals surface area (Å²) in [6.07, 6.45) is 0.396. The van der Waals surface area contributed by atoms with Crippen LogP contribution in [-0.4, -0.2) is 47.2 Å². The average Bonchev–Trinajstić information content (AvgIpc) is 2.66. The number of carbonyl (C=O) groups excluding carboxylic acids is 1. The molecule has 0 aromatic heterocycles. The first kappa shape index (κ1) is 19.9. The van der Waals surface area contributed by atoms with Gasteiger partial charge >= 0.3 is 5.97 Å². The molecule has 0 radical (unpaired) electrons. The maximum atomic E-state index is 12.3. The fourth-order valence-corrected chi connectivity index (χ4v) is 2.38. The number of nitrogens with two attached hydrogens (primary N) is 1. The Morgan fingerprint density at radius 2 is 1.67 bits per heavy atom. The van der Waals surface area contributed by atoms with Crippen LogP contribution in [0, 0.1) is 5.41 Å². The Labute approximate surface area is 156 Å². The van der Waals surface area contributed by atoms with E-state index in [1.54, 1.807) is 48.5 Å². The van der Waals surface area contributed by atoms with Crippen molar-refractivity contribution in [2.45, 2.75) is 12.5 Å². The molecule has 2 aromatic carbocycles. The van der Waals surface area contributed by atoms with Crippen molar-refractivity contribution < 1.29 is 24.5 Å². The molecule has 1 atom stereocenters. The maximum absolute atomic E-state index is 12.3. The molecule has 0 spiro atoms. The number of ether oxygens (including phenoxy) is 1. The van der Waals surface area contributed by atoms with Crippen LogP contribution in [0.15, 0.2) is 48.5 Å². The number of aliphatic hydroxyl groups is 1. The van der Waals surface area contributed by atoms with Crippen LogP contribution < -0.4 is 15.8 Å². The first-order valence-corrected chi connectivity index (χ1v) is 8.18. The average molecular weight is 371 g/mol. The number of nitrogen functional groups attached to an aromatic ring is 1. The number of aliphatic carboxylic acids is 1. The van der Waals surface area contributed by atoms with E-state index in [0.717, 1.165) is 5.56 Å². The number of hydrogen-bond donors (Lipinski definition) is 5. The molecule has 0 fully saturated rings. The number of rotatable bonds is 9. The highest BCUT2D eigenvalue weighted by Gasteiger charge is 2.14. The van der Waals surface area contributed by atoms with Gasteiger partial charge in [0.25, 0.3) is 5.91 Å². The molecule has 0 aliphatic carbocycles. The van der Waals surface area contributed by atoms with E-state index in [1.165, 1.54) is 0 Å². The Kier molecular flexibility index (Phi) is 6.90. The predicted molar refractivity (Wildman–Crippen MR) is 99.1 cm³/mol. The minimum atomic E-state index is -1.06. The van der Waals surface area contributed by atoms with Crippen LogP contribution in [0.5, 0.6) is 5.75 Å². The Hall–Kier alpha value is -3.39. The Bertz CT molecular complexity index is 803. The van der Waals surface area contributed by atoms with E-state index in [2.05, 4.69) is 5.32 Å². The van der Waals surface area contributed by atoms with Gasteiger partial charge in [0.15, 0.2) is 6.61 Å². The van der Waals surface area contributed by atoms with Crippen LogP contribution in [0.25, 0.3) is 0 Å². The number of amides is 1. The van der Waals surface area contributed by atoms with Gasteiger partial charge in [-0.05, 0) is 36.2 Å². The number of aliphatic hydroxyl groups excluding tert-OH is 1. The van der Waals surface area contributed by atoms with Gasteiger partial charge in [-0.3, -0.25) is 10.2 Å². The van der Waals surface area contributed by atoms with Crippen LogP contribution in [0.4, 0.5) is 0 Å². The number of carbonyl (C=O) groups is 2. The lowest BCUT2D eigenvalue weighted by Crippen LogP contribution is -2.39. The second kappa shape index (κ2) is 9.35. The second-order valence-electron chi connectivity index (χ2n) is 5.87. The molecule has 142 valence electrons. The molecular formula is C19H21N3O5. The zero-order valence-electron chi connectivity index (χ0n) is 14.5. The molecule has 2 rings (SSSR count). The fourth-order valence-electron chi connectivity index (χ4n) is 2.38. The normalized spacial score (nSPS) is 11.4. The largest absolute Gasteiger partial charge is 0.482 e. The lowest BCUT2D eigenvalue weighted by atomic mass is 10.1. The highest BCUT2D eigenvalue weighted by molar-refractivity contribution is 5.98. The highest BCUT2D eigenvalue weighted by Crippen LogP contribution is 2.14. The van der Waals surface area contributed by atoms with Gasteiger partial charge in [-0.2, -0.15) is 0 Å². The molecule has 0 saturated carbocycles. The molecule has 0 aliphatic rings. The topological polar surface area (TPSA) is 146 Å². The third kappa shape index (κ3) is 6.12. The van der Waals surface area contributed by atoms with Gasteiger partial charge in [-0.25, -0.2) is 4.79 Å². The molecular weight excluding hydrogens is 350 g/mol. The lowest BCUT2D eigenvalue weighted by Gasteiger charge is -2.17. The molecule has 0 aliphatic heterocycles. The van der Waals surface area contributed by atoms with Crippen molar-refractivity contribution in [1.82, 2.24) is 5.32 Å². The molecule has 27 heavy (non-hydrogen) atoms. The summed E-state index contributed by atoms with van der Waals surface area (Å²) in [4.78, 5) is 22.8. The van der Waals surface area contributed by atoms with E-state index < -0.39 is 18.6 Å². The molecule has 0 heterocycles. The molecule has 0 bridgehead atoms. The van der Waals surface area contributed by atoms with Gasteiger partial charge < -0.3 is 26.0 Å². The number of carboxylic acid groups (broad SMARTS) is 1. The SMILES string of the molecule is N=C(N)c1ccc(C(=O)N[C@@H](CO)Cc2ccc(OCC(=O)O)cc2)cc1. The second-order valence-corrected chi connectivity index (χ2v) is 5.87. The molecule has 8 heteroatoms. The highest BCUT2D eigenvalue weighted by atomic mass is 16.5. The van der Waals surface area contributed by atoms with E-state index >= 15 is 0 Å². The third-order valence-electron chi connectivity index (χ3n) is 3.78. The summed E-state index contributed by atoms with van der Waals surface area (Å²) in [7, 11) is 0. The maximum Gasteiger partial charge on any atom is 0.341 e. The van der Waals surface area contributed by atoms with Crippen molar-refractivity contribution >= 4 is 17.7 Å². The van der Waals surface area contributed by atoms with Crippen LogP contribution in [0.1, 0.15) is 21.5 Å². The van der Waals surface area contributed by atoms with Gasteiger partial charge in [0.2, 0.25) is 0 Å². The first-order chi connectivity index (χ1) is 12.9. The Morgan fingerprint density at radius 3 is 2.19 bits per heavy atom. The predicted octanol–water partition coefficient (Wildman–Crippen LogP) is 0.767. The van der Waals surface area contributed by atoms with Crippen molar-refractivity contribution in [2.75, 3.05) is 13.2 Å². The van der Waals surface area contributed by atoms with Crippen molar-refractivity contribution in [3.63, 3.8) is 0 Å². The fraction of sp³-hybridized carbons (Fsp3) is 0.211. The number of hydrogen-bond acceptors (Lipinski definition) is 5. The summed E-state index contributed by atoms with van der Waals surface area (Å²) in [5, 5.41) is 28.2. The van der Waals surface area contributed by atoms with Gasteiger partial charge in [-0.1, -0.05) is 24.3 Å². The van der Waals surface area contributed by atoms with E-state index in [4.69, 9.17) is 21.0 Å². The summed E-state index contributed by atoms with van der Waals surface area (Å²) >= 11 is 0. The smallest absolute Gasteiger partial charge is 0.341 e. The number of carboxylic acids is 1. The van der Waals surface area contributed by atoms with Crippen LogP contribution in [0.3, 0.4) is 0 Å².